The van der Waals surface area contributed by atoms with Gasteiger partial charge in [0.05, 0.1) is 17.3 Å². The molecule has 0 spiro atoms. The van der Waals surface area contributed by atoms with Crippen molar-refractivity contribution in [1.29, 1.82) is 5.26 Å². The van der Waals surface area contributed by atoms with E-state index in [9.17, 15) is 9.18 Å². The van der Waals surface area contributed by atoms with Gasteiger partial charge in [0.15, 0.2) is 5.11 Å². The van der Waals surface area contributed by atoms with Crippen LogP contribution in [0.5, 0.6) is 0 Å². The lowest BCUT2D eigenvalue weighted by Gasteiger charge is -2.14. The van der Waals surface area contributed by atoms with Gasteiger partial charge in [-0.15, -0.1) is 0 Å². The van der Waals surface area contributed by atoms with Crippen LogP contribution in [0, 0.1) is 17.1 Å². The predicted octanol–water partition coefficient (Wildman–Crippen LogP) is 2.96. The summed E-state index contributed by atoms with van der Waals surface area (Å²) in [6, 6.07) is 14.8. The first-order valence-corrected chi connectivity index (χ1v) is 7.13. The van der Waals surface area contributed by atoms with E-state index in [4.69, 9.17) is 17.5 Å². The van der Waals surface area contributed by atoms with Crippen LogP contribution in [0.1, 0.15) is 11.1 Å². The van der Waals surface area contributed by atoms with Crippen molar-refractivity contribution in [1.82, 2.24) is 5.32 Å². The molecular weight excluding hydrogens is 313 g/mol. The van der Waals surface area contributed by atoms with E-state index >= 15 is 0 Å². The molecule has 1 saturated heterocycles. The van der Waals surface area contributed by atoms with Gasteiger partial charge in [-0.2, -0.15) is 5.26 Å². The second-order valence-corrected chi connectivity index (χ2v) is 5.20. The average Bonchev–Trinajstić information content (AvgIpc) is 2.82. The quantitative estimate of drug-likeness (QED) is 0.682. The standard InChI is InChI=1S/C17H10FN3OS/c18-13-6-1-2-7-15(13)21-16(22)14(20-17(21)23)9-11-4-3-5-12(8-11)10-19/h1-9H,(H,20,23)/b14-9+. The van der Waals surface area contributed by atoms with Crippen molar-refractivity contribution in [2.75, 3.05) is 4.90 Å². The minimum absolute atomic E-state index is 0.101. The summed E-state index contributed by atoms with van der Waals surface area (Å²) < 4.78 is 13.9. The van der Waals surface area contributed by atoms with E-state index in [0.717, 1.165) is 4.90 Å². The lowest BCUT2D eigenvalue weighted by atomic mass is 10.1. The number of thiocarbonyl (C=S) groups is 1. The fraction of sp³-hybridized carbons (Fsp3) is 0. The van der Waals surface area contributed by atoms with Crippen molar-refractivity contribution < 1.29 is 9.18 Å². The molecule has 1 aliphatic rings. The molecule has 1 fully saturated rings. The molecule has 1 amide bonds. The normalized spacial score (nSPS) is 15.7. The summed E-state index contributed by atoms with van der Waals surface area (Å²) in [5, 5.41) is 11.8. The number of anilines is 1. The molecule has 0 aromatic heterocycles. The third-order valence-electron chi connectivity index (χ3n) is 3.30. The Morgan fingerprint density at radius 1 is 1.22 bits per heavy atom. The van der Waals surface area contributed by atoms with Crippen LogP contribution in [0.4, 0.5) is 10.1 Å². The van der Waals surface area contributed by atoms with E-state index in [1.165, 1.54) is 12.1 Å². The topological polar surface area (TPSA) is 56.1 Å². The molecular formula is C17H10FN3OS. The molecule has 3 rings (SSSR count). The second-order valence-electron chi connectivity index (χ2n) is 4.82. The first kappa shape index (κ1) is 14.9. The molecule has 2 aromatic carbocycles. The molecule has 0 unspecified atom stereocenters. The van der Waals surface area contributed by atoms with Crippen molar-refractivity contribution in [3.05, 3.63) is 71.2 Å². The first-order chi connectivity index (χ1) is 11.1. The van der Waals surface area contributed by atoms with E-state index in [2.05, 4.69) is 5.32 Å². The number of nitrogens with one attached hydrogen (secondary N) is 1. The first-order valence-electron chi connectivity index (χ1n) is 6.72. The van der Waals surface area contributed by atoms with Gasteiger partial charge >= 0.3 is 0 Å². The zero-order valence-corrected chi connectivity index (χ0v) is 12.6. The molecule has 0 radical (unpaired) electrons. The number of hydrogen-bond acceptors (Lipinski definition) is 3. The number of nitriles is 1. The molecule has 1 aliphatic heterocycles. The summed E-state index contributed by atoms with van der Waals surface area (Å²) in [4.78, 5) is 13.6. The maximum Gasteiger partial charge on any atom is 0.281 e. The Morgan fingerprint density at radius 2 is 2.00 bits per heavy atom. The fourth-order valence-corrected chi connectivity index (χ4v) is 2.54. The van der Waals surface area contributed by atoms with Crippen molar-refractivity contribution in [2.45, 2.75) is 0 Å². The lowest BCUT2D eigenvalue weighted by molar-refractivity contribution is -0.113. The van der Waals surface area contributed by atoms with E-state index in [-0.39, 0.29) is 16.5 Å². The third kappa shape index (κ3) is 2.82. The number of hydrogen-bond donors (Lipinski definition) is 1. The Balaban J connectivity index is 1.97. The molecule has 0 atom stereocenters. The zero-order chi connectivity index (χ0) is 16.4. The molecule has 0 saturated carbocycles. The van der Waals surface area contributed by atoms with Gasteiger partial charge in [0.25, 0.3) is 5.91 Å². The number of nitrogens with zero attached hydrogens (tertiary/aromatic N) is 2. The minimum atomic E-state index is -0.530. The van der Waals surface area contributed by atoms with Crippen LogP contribution < -0.4 is 10.2 Å². The summed E-state index contributed by atoms with van der Waals surface area (Å²) in [5.41, 5.74) is 1.49. The van der Waals surface area contributed by atoms with Gasteiger partial charge in [-0.3, -0.25) is 4.79 Å². The Kier molecular flexibility index (Phi) is 3.87. The number of carbonyl (C=O) groups excluding carboxylic acids is 1. The summed E-state index contributed by atoms with van der Waals surface area (Å²) in [7, 11) is 0. The number of amides is 1. The van der Waals surface area contributed by atoms with Gasteiger partial charge in [-0.1, -0.05) is 24.3 Å². The number of halogens is 1. The molecule has 4 nitrogen and oxygen atoms in total. The highest BCUT2D eigenvalue weighted by Crippen LogP contribution is 2.25. The maximum absolute atomic E-state index is 13.9. The minimum Gasteiger partial charge on any atom is -0.327 e. The van der Waals surface area contributed by atoms with Crippen LogP contribution in [-0.2, 0) is 4.79 Å². The molecule has 6 heteroatoms. The summed E-state index contributed by atoms with van der Waals surface area (Å²) in [6.45, 7) is 0. The molecule has 1 N–H and O–H groups in total. The van der Waals surface area contributed by atoms with Crippen LogP contribution in [0.15, 0.2) is 54.2 Å². The van der Waals surface area contributed by atoms with Crippen molar-refractivity contribution in [3.8, 4) is 6.07 Å². The summed E-state index contributed by atoms with van der Waals surface area (Å²) in [5.74, 6) is -0.972. The number of para-hydroxylation sites is 1. The summed E-state index contributed by atoms with van der Waals surface area (Å²) in [6.07, 6.45) is 1.58. The predicted molar refractivity (Wildman–Crippen MR) is 88.8 cm³/mol. The molecule has 0 bridgehead atoms. The van der Waals surface area contributed by atoms with E-state index in [1.54, 1.807) is 42.5 Å². The molecule has 112 valence electrons. The Hall–Kier alpha value is -3.04. The number of carbonyl (C=O) groups is 1. The number of rotatable bonds is 2. The van der Waals surface area contributed by atoms with Gasteiger partial charge in [0, 0.05) is 0 Å². The zero-order valence-electron chi connectivity index (χ0n) is 11.8. The molecule has 0 aliphatic carbocycles. The van der Waals surface area contributed by atoms with Crippen LogP contribution in [0.3, 0.4) is 0 Å². The largest absolute Gasteiger partial charge is 0.327 e. The van der Waals surface area contributed by atoms with Gasteiger partial charge in [-0.05, 0) is 48.1 Å². The van der Waals surface area contributed by atoms with Crippen molar-refractivity contribution in [2.24, 2.45) is 0 Å². The van der Waals surface area contributed by atoms with Gasteiger partial charge in [0.2, 0.25) is 0 Å². The lowest BCUT2D eigenvalue weighted by Crippen LogP contribution is -2.31. The Bertz CT molecular complexity index is 885. The van der Waals surface area contributed by atoms with Gasteiger partial charge in [0.1, 0.15) is 11.5 Å². The smallest absolute Gasteiger partial charge is 0.281 e. The average molecular weight is 323 g/mol. The van der Waals surface area contributed by atoms with Crippen LogP contribution in [0.25, 0.3) is 6.08 Å². The van der Waals surface area contributed by atoms with Crippen LogP contribution in [-0.4, -0.2) is 11.0 Å². The molecule has 23 heavy (non-hydrogen) atoms. The van der Waals surface area contributed by atoms with Crippen molar-refractivity contribution in [3.63, 3.8) is 0 Å². The monoisotopic (exact) mass is 323 g/mol. The Labute approximate surface area is 137 Å². The van der Waals surface area contributed by atoms with Crippen molar-refractivity contribution >= 4 is 35.0 Å². The van der Waals surface area contributed by atoms with Crippen LogP contribution in [0.2, 0.25) is 0 Å². The SMILES string of the molecule is N#Cc1cccc(/C=C2/NC(=S)N(c3ccccc3F)C2=O)c1. The highest BCUT2D eigenvalue weighted by atomic mass is 32.1. The third-order valence-corrected chi connectivity index (χ3v) is 3.58. The van der Waals surface area contributed by atoms with E-state index < -0.39 is 11.7 Å². The van der Waals surface area contributed by atoms with E-state index in [1.807, 2.05) is 6.07 Å². The molecule has 1 heterocycles. The van der Waals surface area contributed by atoms with Gasteiger partial charge in [-0.25, -0.2) is 9.29 Å². The molecule has 2 aromatic rings. The Morgan fingerprint density at radius 3 is 2.74 bits per heavy atom. The highest BCUT2D eigenvalue weighted by Gasteiger charge is 2.33. The number of benzene rings is 2. The fourth-order valence-electron chi connectivity index (χ4n) is 2.25. The second kappa shape index (κ2) is 5.99. The van der Waals surface area contributed by atoms with Gasteiger partial charge < -0.3 is 5.32 Å². The summed E-state index contributed by atoms with van der Waals surface area (Å²) >= 11 is 5.14. The van der Waals surface area contributed by atoms with E-state index in [0.29, 0.717) is 11.1 Å². The van der Waals surface area contributed by atoms with Crippen LogP contribution >= 0.6 is 12.2 Å². The maximum atomic E-state index is 13.9. The highest BCUT2D eigenvalue weighted by molar-refractivity contribution is 7.80.